The lowest BCUT2D eigenvalue weighted by atomic mass is 10.1. The van der Waals surface area contributed by atoms with E-state index in [0.29, 0.717) is 5.56 Å². The molecule has 0 atom stereocenters. The van der Waals surface area contributed by atoms with Crippen molar-refractivity contribution in [2.75, 3.05) is 7.11 Å². The Labute approximate surface area is 90.1 Å². The molecule has 0 fully saturated rings. The van der Waals surface area contributed by atoms with Gasteiger partial charge >= 0.3 is 5.97 Å². The molecule has 0 saturated heterocycles. The van der Waals surface area contributed by atoms with Crippen LogP contribution in [0.5, 0.6) is 0 Å². The molecule has 1 rings (SSSR count). The van der Waals surface area contributed by atoms with Gasteiger partial charge in [-0.2, -0.15) is 0 Å². The molecule has 0 radical (unpaired) electrons. The van der Waals surface area contributed by atoms with E-state index in [9.17, 15) is 4.79 Å². The number of esters is 1. The Morgan fingerprint density at radius 1 is 1.23 bits per heavy atom. The number of benzene rings is 1. The molecule has 0 amide bonds. The SMILES string of the molecule is COC(=O)c1ccccc1C.Cl.Cl. The fraction of sp³-hybridized carbons (Fsp3) is 0.222. The number of aryl methyl sites for hydroxylation is 1. The first-order chi connectivity index (χ1) is 5.25. The smallest absolute Gasteiger partial charge is 0.338 e. The average molecular weight is 223 g/mol. The maximum absolute atomic E-state index is 11.0. The molecule has 0 N–H and O–H groups in total. The highest BCUT2D eigenvalue weighted by atomic mass is 35.5. The Bertz CT molecular complexity index is 274. The van der Waals surface area contributed by atoms with Crippen LogP contribution in [0.15, 0.2) is 24.3 Å². The van der Waals surface area contributed by atoms with Crippen molar-refractivity contribution in [2.45, 2.75) is 6.92 Å². The first-order valence-electron chi connectivity index (χ1n) is 3.39. The van der Waals surface area contributed by atoms with Crippen molar-refractivity contribution in [3.8, 4) is 0 Å². The van der Waals surface area contributed by atoms with Crippen molar-refractivity contribution in [1.82, 2.24) is 0 Å². The summed E-state index contributed by atoms with van der Waals surface area (Å²) in [6.07, 6.45) is 0. The third-order valence-electron chi connectivity index (χ3n) is 1.55. The number of methoxy groups -OCH3 is 1. The normalized spacial score (nSPS) is 7.85. The molecule has 1 aromatic rings. The van der Waals surface area contributed by atoms with Gasteiger partial charge in [0.25, 0.3) is 0 Å². The molecule has 13 heavy (non-hydrogen) atoms. The van der Waals surface area contributed by atoms with Gasteiger partial charge in [0, 0.05) is 0 Å². The molecule has 0 heterocycles. The van der Waals surface area contributed by atoms with Crippen LogP contribution in [0.25, 0.3) is 0 Å². The predicted octanol–water partition coefficient (Wildman–Crippen LogP) is 2.63. The first-order valence-corrected chi connectivity index (χ1v) is 3.39. The summed E-state index contributed by atoms with van der Waals surface area (Å²) < 4.78 is 4.58. The topological polar surface area (TPSA) is 26.3 Å². The number of ether oxygens (including phenoxy) is 1. The van der Waals surface area contributed by atoms with Crippen molar-refractivity contribution in [3.63, 3.8) is 0 Å². The molecule has 0 unspecified atom stereocenters. The molecule has 0 aromatic heterocycles. The second-order valence-electron chi connectivity index (χ2n) is 2.31. The van der Waals surface area contributed by atoms with Gasteiger partial charge in [-0.3, -0.25) is 0 Å². The van der Waals surface area contributed by atoms with Gasteiger partial charge in [0.05, 0.1) is 12.7 Å². The van der Waals surface area contributed by atoms with Crippen molar-refractivity contribution < 1.29 is 9.53 Å². The van der Waals surface area contributed by atoms with Crippen LogP contribution >= 0.6 is 24.8 Å². The average Bonchev–Trinajstić information content (AvgIpc) is 2.04. The number of rotatable bonds is 1. The molecule has 0 aliphatic heterocycles. The molecule has 0 bridgehead atoms. The van der Waals surface area contributed by atoms with Crippen LogP contribution in [-0.2, 0) is 4.74 Å². The van der Waals surface area contributed by atoms with Crippen molar-refractivity contribution in [2.24, 2.45) is 0 Å². The van der Waals surface area contributed by atoms with Gasteiger partial charge in [-0.15, -0.1) is 24.8 Å². The molecule has 4 heteroatoms. The van der Waals surface area contributed by atoms with Crippen LogP contribution in [0.2, 0.25) is 0 Å². The van der Waals surface area contributed by atoms with E-state index in [0.717, 1.165) is 5.56 Å². The zero-order chi connectivity index (χ0) is 8.27. The first kappa shape index (κ1) is 14.8. The Balaban J connectivity index is 0. The molecular weight excluding hydrogens is 211 g/mol. The second kappa shape index (κ2) is 6.75. The largest absolute Gasteiger partial charge is 0.465 e. The van der Waals surface area contributed by atoms with E-state index >= 15 is 0 Å². The van der Waals surface area contributed by atoms with Crippen molar-refractivity contribution in [1.29, 1.82) is 0 Å². The Kier molecular flexibility index (Phi) is 7.67. The van der Waals surface area contributed by atoms with E-state index in [-0.39, 0.29) is 30.8 Å². The van der Waals surface area contributed by atoms with E-state index in [1.54, 1.807) is 6.07 Å². The van der Waals surface area contributed by atoms with Crippen molar-refractivity contribution in [3.05, 3.63) is 35.4 Å². The lowest BCUT2D eigenvalue weighted by Crippen LogP contribution is -2.02. The molecule has 0 spiro atoms. The molecular formula is C9H12Cl2O2. The van der Waals surface area contributed by atoms with Crippen molar-refractivity contribution >= 4 is 30.8 Å². The monoisotopic (exact) mass is 222 g/mol. The minimum atomic E-state index is -0.275. The van der Waals surface area contributed by atoms with Gasteiger partial charge in [0.2, 0.25) is 0 Å². The molecule has 0 aliphatic carbocycles. The summed E-state index contributed by atoms with van der Waals surface area (Å²) in [5, 5.41) is 0. The van der Waals surface area contributed by atoms with E-state index in [2.05, 4.69) is 4.74 Å². The van der Waals surface area contributed by atoms with Crippen LogP contribution in [0, 0.1) is 6.92 Å². The molecule has 2 nitrogen and oxygen atoms in total. The second-order valence-corrected chi connectivity index (χ2v) is 2.31. The zero-order valence-electron chi connectivity index (χ0n) is 7.44. The fourth-order valence-corrected chi connectivity index (χ4v) is 0.912. The minimum Gasteiger partial charge on any atom is -0.465 e. The fourth-order valence-electron chi connectivity index (χ4n) is 0.912. The molecule has 0 saturated carbocycles. The minimum absolute atomic E-state index is 0. The third-order valence-corrected chi connectivity index (χ3v) is 1.55. The summed E-state index contributed by atoms with van der Waals surface area (Å²) in [6, 6.07) is 7.34. The summed E-state index contributed by atoms with van der Waals surface area (Å²) in [7, 11) is 1.38. The number of hydrogen-bond acceptors (Lipinski definition) is 2. The van der Waals surface area contributed by atoms with Gasteiger partial charge in [0.1, 0.15) is 0 Å². The number of hydrogen-bond donors (Lipinski definition) is 0. The highest BCUT2D eigenvalue weighted by molar-refractivity contribution is 5.90. The summed E-state index contributed by atoms with van der Waals surface area (Å²) in [6.45, 7) is 1.88. The maximum atomic E-state index is 11.0. The Morgan fingerprint density at radius 3 is 2.23 bits per heavy atom. The summed E-state index contributed by atoms with van der Waals surface area (Å²) in [5.41, 5.74) is 1.58. The molecule has 1 aromatic carbocycles. The van der Waals surface area contributed by atoms with Gasteiger partial charge in [-0.05, 0) is 18.6 Å². The van der Waals surface area contributed by atoms with Crippen LogP contribution in [0.3, 0.4) is 0 Å². The van der Waals surface area contributed by atoms with Crippen LogP contribution < -0.4 is 0 Å². The predicted molar refractivity (Wildman–Crippen MR) is 57.0 cm³/mol. The quantitative estimate of drug-likeness (QED) is 0.684. The van der Waals surface area contributed by atoms with Crippen LogP contribution in [0.4, 0.5) is 0 Å². The lowest BCUT2D eigenvalue weighted by molar-refractivity contribution is 0.0600. The third kappa shape index (κ3) is 3.66. The standard InChI is InChI=1S/C9H10O2.2ClH/c1-7-5-3-4-6-8(7)9(10)11-2;;/h3-6H,1-2H3;2*1H. The van der Waals surface area contributed by atoms with Gasteiger partial charge in [-0.25, -0.2) is 4.79 Å². The van der Waals surface area contributed by atoms with Gasteiger partial charge in [0.15, 0.2) is 0 Å². The number of halogens is 2. The Hall–Kier alpha value is -0.730. The van der Waals surface area contributed by atoms with Gasteiger partial charge < -0.3 is 4.74 Å². The van der Waals surface area contributed by atoms with E-state index in [1.807, 2.05) is 25.1 Å². The summed E-state index contributed by atoms with van der Waals surface area (Å²) >= 11 is 0. The summed E-state index contributed by atoms with van der Waals surface area (Å²) in [5.74, 6) is -0.275. The molecule has 0 aliphatic rings. The highest BCUT2D eigenvalue weighted by Crippen LogP contribution is 2.07. The number of carbonyl (C=O) groups is 1. The Morgan fingerprint density at radius 2 is 1.77 bits per heavy atom. The number of carbonyl (C=O) groups excluding carboxylic acids is 1. The van der Waals surface area contributed by atoms with E-state index < -0.39 is 0 Å². The molecule has 74 valence electrons. The van der Waals surface area contributed by atoms with E-state index in [1.165, 1.54) is 7.11 Å². The van der Waals surface area contributed by atoms with E-state index in [4.69, 9.17) is 0 Å². The summed E-state index contributed by atoms with van der Waals surface area (Å²) in [4.78, 5) is 11.0. The lowest BCUT2D eigenvalue weighted by Gasteiger charge is -2.00. The van der Waals surface area contributed by atoms with Crippen LogP contribution in [0.1, 0.15) is 15.9 Å². The maximum Gasteiger partial charge on any atom is 0.338 e. The van der Waals surface area contributed by atoms with Crippen LogP contribution in [-0.4, -0.2) is 13.1 Å². The highest BCUT2D eigenvalue weighted by Gasteiger charge is 2.05. The zero-order valence-corrected chi connectivity index (χ0v) is 9.08. The van der Waals surface area contributed by atoms with Gasteiger partial charge in [-0.1, -0.05) is 18.2 Å².